The minimum Gasteiger partial charge on any atom is -0.343 e. The average molecular weight is 386 g/mol. The van der Waals surface area contributed by atoms with Gasteiger partial charge in [0.2, 0.25) is 5.91 Å². The number of hydrogen-bond acceptors (Lipinski definition) is 2. The number of rotatable bonds is 4. The largest absolute Gasteiger partial charge is 0.343 e. The minimum atomic E-state index is -0.421. The molecule has 4 nitrogen and oxygen atoms in total. The summed E-state index contributed by atoms with van der Waals surface area (Å²) in [7, 11) is 0. The molecule has 0 heterocycles. The summed E-state index contributed by atoms with van der Waals surface area (Å²) in [6.07, 6.45) is 0. The number of halogens is 3. The highest BCUT2D eigenvalue weighted by Gasteiger charge is 2.12. The van der Waals surface area contributed by atoms with Crippen LogP contribution in [0.25, 0.3) is 0 Å². The highest BCUT2D eigenvalue weighted by molar-refractivity contribution is 6.42. The lowest BCUT2D eigenvalue weighted by atomic mass is 10.1. The molecule has 2 rings (SSSR count). The van der Waals surface area contributed by atoms with Crippen LogP contribution in [0.15, 0.2) is 30.3 Å². The molecule has 2 aromatic carbocycles. The van der Waals surface area contributed by atoms with Crippen molar-refractivity contribution in [1.29, 1.82) is 0 Å². The Labute approximate surface area is 155 Å². The van der Waals surface area contributed by atoms with E-state index in [9.17, 15) is 9.59 Å². The summed E-state index contributed by atoms with van der Waals surface area (Å²) in [6, 6.07) is 8.17. The SMILES string of the molecule is Cc1cc(C)c(NC(=O)CNC(=O)c2ccc(Cl)c(Cl)c2)c(Cl)c1. The van der Waals surface area contributed by atoms with Crippen LogP contribution in [-0.4, -0.2) is 18.4 Å². The zero-order valence-corrected chi connectivity index (χ0v) is 15.3. The third kappa shape index (κ3) is 4.63. The molecule has 0 unspecified atom stereocenters. The number of hydrogen-bond donors (Lipinski definition) is 2. The van der Waals surface area contributed by atoms with E-state index in [1.54, 1.807) is 6.07 Å². The molecule has 7 heteroatoms. The predicted octanol–water partition coefficient (Wildman–Crippen LogP) is 4.63. The number of benzene rings is 2. The predicted molar refractivity (Wildman–Crippen MR) is 98.4 cm³/mol. The van der Waals surface area contributed by atoms with Gasteiger partial charge in [-0.1, -0.05) is 40.9 Å². The van der Waals surface area contributed by atoms with Crippen molar-refractivity contribution in [1.82, 2.24) is 5.32 Å². The van der Waals surface area contributed by atoms with Gasteiger partial charge in [-0.2, -0.15) is 0 Å². The molecule has 126 valence electrons. The maximum Gasteiger partial charge on any atom is 0.251 e. The summed E-state index contributed by atoms with van der Waals surface area (Å²) in [5, 5.41) is 6.31. The highest BCUT2D eigenvalue weighted by atomic mass is 35.5. The van der Waals surface area contributed by atoms with Gasteiger partial charge >= 0.3 is 0 Å². The summed E-state index contributed by atoms with van der Waals surface area (Å²) in [4.78, 5) is 24.1. The van der Waals surface area contributed by atoms with Gasteiger partial charge in [-0.15, -0.1) is 0 Å². The van der Waals surface area contributed by atoms with Crippen molar-refractivity contribution in [3.8, 4) is 0 Å². The molecule has 0 saturated heterocycles. The van der Waals surface area contributed by atoms with Crippen LogP contribution >= 0.6 is 34.8 Å². The maximum atomic E-state index is 12.0. The van der Waals surface area contributed by atoms with Crippen molar-refractivity contribution in [3.05, 3.63) is 62.1 Å². The molecule has 0 aliphatic heterocycles. The van der Waals surface area contributed by atoms with Crippen molar-refractivity contribution < 1.29 is 9.59 Å². The van der Waals surface area contributed by atoms with E-state index in [0.29, 0.717) is 21.3 Å². The first kappa shape index (κ1) is 18.6. The first-order valence-electron chi connectivity index (χ1n) is 7.08. The van der Waals surface area contributed by atoms with Gasteiger partial charge in [0.05, 0.1) is 27.3 Å². The van der Waals surface area contributed by atoms with E-state index in [0.717, 1.165) is 11.1 Å². The molecule has 2 amide bonds. The van der Waals surface area contributed by atoms with Crippen LogP contribution in [0.5, 0.6) is 0 Å². The van der Waals surface area contributed by atoms with E-state index >= 15 is 0 Å². The Bertz CT molecular complexity index is 783. The topological polar surface area (TPSA) is 58.2 Å². The number of amides is 2. The van der Waals surface area contributed by atoms with E-state index in [1.165, 1.54) is 18.2 Å². The van der Waals surface area contributed by atoms with Gasteiger partial charge in [0.25, 0.3) is 5.91 Å². The molecular weight excluding hydrogens is 371 g/mol. The van der Waals surface area contributed by atoms with E-state index in [1.807, 2.05) is 19.9 Å². The van der Waals surface area contributed by atoms with Gasteiger partial charge in [0.15, 0.2) is 0 Å². The summed E-state index contributed by atoms with van der Waals surface area (Å²) in [5.74, 6) is -0.798. The van der Waals surface area contributed by atoms with Gasteiger partial charge in [-0.3, -0.25) is 9.59 Å². The number of anilines is 1. The highest BCUT2D eigenvalue weighted by Crippen LogP contribution is 2.27. The zero-order valence-electron chi connectivity index (χ0n) is 13.0. The van der Waals surface area contributed by atoms with Crippen LogP contribution < -0.4 is 10.6 Å². The van der Waals surface area contributed by atoms with Crippen molar-refractivity contribution in [2.75, 3.05) is 11.9 Å². The molecular formula is C17H15Cl3N2O2. The number of carbonyl (C=O) groups excluding carboxylic acids is 2. The molecule has 0 aliphatic carbocycles. The van der Waals surface area contributed by atoms with Crippen LogP contribution in [0, 0.1) is 13.8 Å². The Morgan fingerprint density at radius 2 is 1.67 bits per heavy atom. The molecule has 0 aliphatic rings. The molecule has 2 N–H and O–H groups in total. The molecule has 2 aromatic rings. The van der Waals surface area contributed by atoms with Gasteiger partial charge in [0, 0.05) is 5.56 Å². The molecule has 0 saturated carbocycles. The lowest BCUT2D eigenvalue weighted by Crippen LogP contribution is -2.33. The van der Waals surface area contributed by atoms with Gasteiger partial charge in [-0.05, 0) is 49.2 Å². The quantitative estimate of drug-likeness (QED) is 0.806. The number of nitrogens with one attached hydrogen (secondary N) is 2. The lowest BCUT2D eigenvalue weighted by molar-refractivity contribution is -0.115. The van der Waals surface area contributed by atoms with Crippen LogP contribution in [0.1, 0.15) is 21.5 Å². The normalized spacial score (nSPS) is 10.4. The number of carbonyl (C=O) groups is 2. The second-order valence-electron chi connectivity index (χ2n) is 5.30. The standard InChI is InChI=1S/C17H15Cl3N2O2/c1-9-5-10(2)16(14(20)6-9)22-15(23)8-21-17(24)11-3-4-12(18)13(19)7-11/h3-7H,8H2,1-2H3,(H,21,24)(H,22,23). The fourth-order valence-electron chi connectivity index (χ4n) is 2.16. The first-order chi connectivity index (χ1) is 11.3. The van der Waals surface area contributed by atoms with Crippen molar-refractivity contribution in [2.24, 2.45) is 0 Å². The van der Waals surface area contributed by atoms with E-state index < -0.39 is 5.91 Å². The Kier molecular flexibility index (Phi) is 6.10. The summed E-state index contributed by atoms with van der Waals surface area (Å²) in [5.41, 5.74) is 2.71. The lowest BCUT2D eigenvalue weighted by Gasteiger charge is -2.12. The van der Waals surface area contributed by atoms with Crippen LogP contribution in [0.2, 0.25) is 15.1 Å². The molecule has 0 radical (unpaired) electrons. The van der Waals surface area contributed by atoms with E-state index in [4.69, 9.17) is 34.8 Å². The monoisotopic (exact) mass is 384 g/mol. The Morgan fingerprint density at radius 3 is 2.29 bits per heavy atom. The second-order valence-corrected chi connectivity index (χ2v) is 6.52. The molecule has 0 fully saturated rings. The fraction of sp³-hybridized carbons (Fsp3) is 0.176. The third-order valence-electron chi connectivity index (χ3n) is 3.29. The van der Waals surface area contributed by atoms with Gasteiger partial charge in [0.1, 0.15) is 0 Å². The van der Waals surface area contributed by atoms with E-state index in [-0.39, 0.29) is 17.5 Å². The van der Waals surface area contributed by atoms with Crippen molar-refractivity contribution in [2.45, 2.75) is 13.8 Å². The second kappa shape index (κ2) is 7.88. The van der Waals surface area contributed by atoms with Crippen LogP contribution in [0.3, 0.4) is 0 Å². The first-order valence-corrected chi connectivity index (χ1v) is 8.21. The van der Waals surface area contributed by atoms with Crippen molar-refractivity contribution >= 4 is 52.3 Å². The Morgan fingerprint density at radius 1 is 0.958 bits per heavy atom. The molecule has 0 bridgehead atoms. The van der Waals surface area contributed by atoms with Crippen molar-refractivity contribution in [3.63, 3.8) is 0 Å². The summed E-state index contributed by atoms with van der Waals surface area (Å²) in [6.45, 7) is 3.58. The smallest absolute Gasteiger partial charge is 0.251 e. The molecule has 24 heavy (non-hydrogen) atoms. The third-order valence-corrected chi connectivity index (χ3v) is 4.32. The Balaban J connectivity index is 1.98. The summed E-state index contributed by atoms with van der Waals surface area (Å²) < 4.78 is 0. The Hall–Kier alpha value is -1.75. The van der Waals surface area contributed by atoms with Crippen LogP contribution in [0.4, 0.5) is 5.69 Å². The molecule has 0 atom stereocenters. The van der Waals surface area contributed by atoms with Gasteiger partial charge < -0.3 is 10.6 Å². The summed E-state index contributed by atoms with van der Waals surface area (Å²) >= 11 is 17.8. The minimum absolute atomic E-state index is 0.192. The van der Waals surface area contributed by atoms with E-state index in [2.05, 4.69) is 10.6 Å². The molecule has 0 aromatic heterocycles. The maximum absolute atomic E-state index is 12.0. The fourth-order valence-corrected chi connectivity index (χ4v) is 2.82. The molecule has 0 spiro atoms. The van der Waals surface area contributed by atoms with Crippen LogP contribution in [-0.2, 0) is 4.79 Å². The zero-order chi connectivity index (χ0) is 17.9. The van der Waals surface area contributed by atoms with Gasteiger partial charge in [-0.25, -0.2) is 0 Å². The average Bonchev–Trinajstić information content (AvgIpc) is 2.51. The number of aryl methyl sites for hydroxylation is 2.